The average molecular weight is 893 g/mol. The number of rotatable bonds is 8. The van der Waals surface area contributed by atoms with Crippen LogP contribution in [0.3, 0.4) is 0 Å². The second-order valence-electron chi connectivity index (χ2n) is 18.0. The van der Waals surface area contributed by atoms with E-state index in [1.807, 2.05) is 0 Å². The fraction of sp³-hybridized carbons (Fsp3) is 0.0164. The molecule has 0 radical (unpaired) electrons. The molecule has 1 aliphatic rings. The maximum Gasteiger partial charge on any atom is 0.120 e. The van der Waals surface area contributed by atoms with Crippen molar-refractivity contribution in [2.45, 2.75) is 6.55 Å². The summed E-state index contributed by atoms with van der Waals surface area (Å²) >= 11 is 0. The van der Waals surface area contributed by atoms with Crippen LogP contribution in [0, 0.1) is 0 Å². The van der Waals surface area contributed by atoms with Gasteiger partial charge in [-0.2, -0.15) is 0 Å². The zero-order valence-electron chi connectivity index (χ0n) is 36.5. The summed E-state index contributed by atoms with van der Waals surface area (Å²) in [6, 6.07) is 107. The average Bonchev–Trinajstić information content (AvgIpc) is 3.39. The van der Waals surface area contributed by atoms with Crippen molar-refractivity contribution in [2.24, 2.45) is 0 Å². The molecule has 0 spiro atoms. The first-order valence-electron chi connectivity index (χ1n) is 22.9. The Labute approximate surface area is 385 Å². The molecule has 12 rings (SSSR count). The van der Waals surface area contributed by atoms with Gasteiger partial charge in [0.2, 0.25) is 0 Å². The molecule has 0 bridgehead atoms. The molecule has 1 aliphatic heterocycles. The molecule has 0 nitrogen and oxygen atoms in total. The highest BCUT2D eigenvalue weighted by Gasteiger charge is 2.92. The fourth-order valence-corrected chi connectivity index (χ4v) is 137. The molecule has 0 aliphatic carbocycles. The van der Waals surface area contributed by atoms with Crippen LogP contribution in [0.4, 0.5) is 0 Å². The Morgan fingerprint density at radius 2 is 0.492 bits per heavy atom. The lowest BCUT2D eigenvalue weighted by Gasteiger charge is -2.78. The van der Waals surface area contributed by atoms with Gasteiger partial charge in [0, 0.05) is 0 Å². The number of hydrogen-bond acceptors (Lipinski definition) is 0. The highest BCUT2D eigenvalue weighted by molar-refractivity contribution is 8.25. The van der Waals surface area contributed by atoms with E-state index in [4.69, 9.17) is 0 Å². The highest BCUT2D eigenvalue weighted by Crippen LogP contribution is 2.50. The first-order chi connectivity index (χ1) is 32.2. The maximum absolute atomic E-state index is 3.09. The summed E-state index contributed by atoms with van der Waals surface area (Å²) in [7, 11) is -11.7. The zero-order chi connectivity index (χ0) is 43.5. The number of benzene rings is 11. The van der Waals surface area contributed by atoms with Gasteiger partial charge in [-0.1, -0.05) is 310 Å². The third kappa shape index (κ3) is 5.34. The first-order valence-corrected chi connectivity index (χ1v) is 35.4. The smallest absolute Gasteiger partial charge is 0.0682 e. The van der Waals surface area contributed by atoms with Crippen LogP contribution in [0.2, 0.25) is 6.55 Å². The van der Waals surface area contributed by atoms with Crippen LogP contribution in [0.1, 0.15) is 0 Å². The predicted octanol–water partition coefficient (Wildman–Crippen LogP) is 10.2. The van der Waals surface area contributed by atoms with Crippen LogP contribution in [0.5, 0.6) is 0 Å². The van der Waals surface area contributed by atoms with Crippen LogP contribution in [0.25, 0.3) is 43.4 Å². The van der Waals surface area contributed by atoms with Crippen molar-refractivity contribution in [3.05, 3.63) is 273 Å². The molecule has 0 amide bonds. The summed E-state index contributed by atoms with van der Waals surface area (Å²) in [6.45, 7) is 2.87. The molecule has 1 heterocycles. The second kappa shape index (κ2) is 15.6. The summed E-state index contributed by atoms with van der Waals surface area (Å²) in [6.07, 6.45) is 0. The highest BCUT2D eigenvalue weighted by atomic mass is 30.2. The molecule has 4 heteroatoms. The second-order valence-corrected chi connectivity index (χ2v) is 54.3. The Kier molecular flexibility index (Phi) is 9.54. The van der Waals surface area contributed by atoms with Crippen LogP contribution in [-0.2, 0) is 0 Å². The lowest BCUT2D eigenvalue weighted by Crippen LogP contribution is -3.23. The van der Waals surface area contributed by atoms with Gasteiger partial charge in [0.1, 0.15) is 21.3 Å². The minimum absolute atomic E-state index is 1.26. The lowest BCUT2D eigenvalue weighted by molar-refractivity contribution is 1.65. The molecular weight excluding hydrogens is 845 g/mol. The molecule has 0 N–H and O–H groups in total. The van der Waals surface area contributed by atoms with Gasteiger partial charge in [-0.15, -0.1) is 0 Å². The van der Waals surface area contributed by atoms with Gasteiger partial charge in [0.25, 0.3) is 0 Å². The Balaban J connectivity index is 1.28. The van der Waals surface area contributed by atoms with Crippen LogP contribution < -0.4 is 36.3 Å². The van der Waals surface area contributed by atoms with E-state index in [1.165, 1.54) is 43.4 Å². The topological polar surface area (TPSA) is 0 Å². The van der Waals surface area contributed by atoms with Crippen molar-refractivity contribution in [3.8, 4) is 11.1 Å². The van der Waals surface area contributed by atoms with Crippen molar-refractivity contribution >= 4 is 97.1 Å². The monoisotopic (exact) mass is 892 g/mol. The van der Waals surface area contributed by atoms with Crippen LogP contribution in [0.15, 0.2) is 273 Å². The predicted molar refractivity (Wildman–Crippen MR) is 289 cm³/mol. The Hall–Kier alpha value is -6.93. The largest absolute Gasteiger partial charge is 0.120 e. The van der Waals surface area contributed by atoms with Crippen molar-refractivity contribution in [1.82, 2.24) is 0 Å². The minimum Gasteiger partial charge on any atom is -0.0682 e. The van der Waals surface area contributed by atoms with E-state index in [0.29, 0.717) is 0 Å². The van der Waals surface area contributed by atoms with Crippen molar-refractivity contribution in [1.29, 1.82) is 0 Å². The molecule has 308 valence electrons. The summed E-state index contributed by atoms with van der Waals surface area (Å²) in [5, 5.41) is 18.8. The number of hydrogen-bond donors (Lipinski definition) is 0. The summed E-state index contributed by atoms with van der Waals surface area (Å²) in [5.41, 5.74) is 2.55. The Morgan fingerprint density at radius 3 is 0.892 bits per heavy atom. The van der Waals surface area contributed by atoms with E-state index in [1.54, 1.807) is 36.3 Å². The molecule has 0 saturated carbocycles. The maximum atomic E-state index is 2.87. The van der Waals surface area contributed by atoms with Gasteiger partial charge in [-0.3, -0.25) is 0 Å². The number of fused-ring (bicyclic) bond motifs is 6. The molecule has 0 atom stereocenters. The van der Waals surface area contributed by atoms with E-state index < -0.39 is 28.4 Å². The molecule has 11 aromatic carbocycles. The molecule has 65 heavy (non-hydrogen) atoms. The quantitative estimate of drug-likeness (QED) is 0.105. The van der Waals surface area contributed by atoms with Gasteiger partial charge in [0.05, 0.1) is 7.11 Å². The first kappa shape index (κ1) is 39.6. The van der Waals surface area contributed by atoms with Gasteiger partial charge in [-0.05, 0) is 49.5 Å². The Morgan fingerprint density at radius 1 is 0.200 bits per heavy atom. The molecular formula is C61H48Si4. The normalized spacial score (nSPS) is 18.6. The standard InChI is InChI=1S/C61H48Si4/c1-62(49-26-8-2-9-27-49)63(50-28-10-3-11-29-50,51-30-12-4-13-31-51)65(54-36-18-7-19-37-54,64(62,52-32-14-5-15-33-52)53-34-16-6-17-35-53)55-38-24-25-47(45-55)48-43-44-60-58-41-21-20-39-56(58)57-40-22-23-42-59(57)61(60)46-48/h2-46H,1H3. The van der Waals surface area contributed by atoms with E-state index in [0.717, 1.165) is 0 Å². The molecule has 0 unspecified atom stereocenters. The molecule has 11 aromatic rings. The van der Waals surface area contributed by atoms with E-state index >= 15 is 0 Å². The van der Waals surface area contributed by atoms with Crippen molar-refractivity contribution in [2.75, 3.05) is 0 Å². The third-order valence-electron chi connectivity index (χ3n) is 15.4. The molecule has 1 saturated heterocycles. The van der Waals surface area contributed by atoms with Gasteiger partial charge >= 0.3 is 0 Å². The van der Waals surface area contributed by atoms with E-state index in [2.05, 4.69) is 280 Å². The summed E-state index contributed by atoms with van der Waals surface area (Å²) in [4.78, 5) is 0. The zero-order valence-corrected chi connectivity index (χ0v) is 40.5. The van der Waals surface area contributed by atoms with E-state index in [-0.39, 0.29) is 0 Å². The lowest BCUT2D eigenvalue weighted by atomic mass is 9.92. The van der Waals surface area contributed by atoms with Gasteiger partial charge in [0.15, 0.2) is 0 Å². The van der Waals surface area contributed by atoms with Crippen molar-refractivity contribution in [3.63, 3.8) is 0 Å². The molecule has 0 aromatic heterocycles. The van der Waals surface area contributed by atoms with Crippen LogP contribution >= 0.6 is 0 Å². The fourth-order valence-electron chi connectivity index (χ4n) is 13.3. The third-order valence-corrected chi connectivity index (χ3v) is 95.4. The Bertz CT molecular complexity index is 3280. The summed E-state index contributed by atoms with van der Waals surface area (Å²) in [5.74, 6) is 0. The SMILES string of the molecule is C[Si]1(c2ccccc2)[Si](c2ccccc2)(c2ccccc2)[Si](c2ccccc2)(c2cccc(-c3ccc4c5ccccc5c5ccccc5c4c3)c2)[Si]1(c1ccccc1)c1ccccc1. The van der Waals surface area contributed by atoms with Gasteiger partial charge in [-0.25, -0.2) is 0 Å². The summed E-state index contributed by atoms with van der Waals surface area (Å²) < 4.78 is 0. The van der Waals surface area contributed by atoms with Crippen molar-refractivity contribution < 1.29 is 0 Å². The minimum atomic E-state index is -3.09. The van der Waals surface area contributed by atoms with E-state index in [9.17, 15) is 0 Å². The van der Waals surface area contributed by atoms with Crippen LogP contribution in [-0.4, -0.2) is 28.4 Å². The molecule has 1 fully saturated rings. The van der Waals surface area contributed by atoms with Gasteiger partial charge < -0.3 is 0 Å².